The summed E-state index contributed by atoms with van der Waals surface area (Å²) in [5.74, 6) is -0.871. The molecule has 0 heterocycles. The molecule has 2 aromatic carbocycles. The molecule has 0 bridgehead atoms. The first kappa shape index (κ1) is 19.8. The van der Waals surface area contributed by atoms with Crippen LogP contribution in [0, 0.1) is 10.1 Å². The Hall–Kier alpha value is -3.50. The van der Waals surface area contributed by atoms with Gasteiger partial charge in [-0.15, -0.1) is 13.2 Å². The predicted octanol–water partition coefficient (Wildman–Crippen LogP) is 3.52. The van der Waals surface area contributed by atoms with E-state index in [0.29, 0.717) is 0 Å². The zero-order valence-electron chi connectivity index (χ0n) is 13.8. The van der Waals surface area contributed by atoms with Crippen molar-refractivity contribution in [3.8, 4) is 17.2 Å². The third-order valence-electron chi connectivity index (χ3n) is 3.09. The number of nitro groups is 1. The molecule has 2 rings (SSSR count). The largest absolute Gasteiger partial charge is 0.573 e. The third kappa shape index (κ3) is 6.06. The summed E-state index contributed by atoms with van der Waals surface area (Å²) in [5.41, 5.74) is -0.0319. The molecule has 0 aliphatic rings. The number of methoxy groups -OCH3 is 1. The molecule has 0 saturated carbocycles. The highest BCUT2D eigenvalue weighted by Gasteiger charge is 2.30. The maximum Gasteiger partial charge on any atom is 0.573 e. The van der Waals surface area contributed by atoms with Gasteiger partial charge in [0.1, 0.15) is 5.75 Å². The van der Waals surface area contributed by atoms with Crippen LogP contribution in [-0.4, -0.2) is 30.9 Å². The van der Waals surface area contributed by atoms with Gasteiger partial charge in [-0.25, -0.2) is 0 Å². The van der Waals surface area contributed by atoms with E-state index < -0.39 is 29.5 Å². The minimum atomic E-state index is -4.81. The quantitative estimate of drug-likeness (QED) is 0.577. The van der Waals surface area contributed by atoms with E-state index in [1.807, 2.05) is 0 Å². The zero-order chi connectivity index (χ0) is 20.0. The predicted molar refractivity (Wildman–Crippen MR) is 86.9 cm³/mol. The number of hydrogen-bond donors (Lipinski definition) is 1. The molecule has 11 heteroatoms. The fraction of sp³-hybridized carbons (Fsp3) is 0.188. The van der Waals surface area contributed by atoms with Crippen molar-refractivity contribution in [2.75, 3.05) is 19.0 Å². The van der Waals surface area contributed by atoms with Crippen molar-refractivity contribution in [2.24, 2.45) is 0 Å². The van der Waals surface area contributed by atoms with Gasteiger partial charge in [0.05, 0.1) is 18.1 Å². The van der Waals surface area contributed by atoms with Crippen LogP contribution in [0.5, 0.6) is 17.2 Å². The maximum absolute atomic E-state index is 12.1. The van der Waals surface area contributed by atoms with Gasteiger partial charge in [-0.05, 0) is 30.3 Å². The van der Waals surface area contributed by atoms with Crippen LogP contribution in [0.1, 0.15) is 0 Å². The Morgan fingerprint density at radius 1 is 1.15 bits per heavy atom. The number of carbonyl (C=O) groups excluding carboxylic acids is 1. The fourth-order valence-electron chi connectivity index (χ4n) is 1.97. The SMILES string of the molecule is COc1ccc([N+](=O)[O-])cc1OCC(=O)Nc1ccc(OC(F)(F)F)cc1. The number of nitro benzene ring substituents is 1. The minimum absolute atomic E-state index is 0.00391. The van der Waals surface area contributed by atoms with Crippen molar-refractivity contribution in [3.63, 3.8) is 0 Å². The summed E-state index contributed by atoms with van der Waals surface area (Å²) in [6, 6.07) is 8.15. The highest BCUT2D eigenvalue weighted by molar-refractivity contribution is 5.91. The molecule has 0 unspecified atom stereocenters. The summed E-state index contributed by atoms with van der Waals surface area (Å²) in [5, 5.41) is 13.2. The Bertz CT molecular complexity index is 824. The number of halogens is 3. The number of ether oxygens (including phenoxy) is 3. The van der Waals surface area contributed by atoms with E-state index >= 15 is 0 Å². The molecule has 0 spiro atoms. The molecule has 0 aromatic heterocycles. The second-order valence-electron chi connectivity index (χ2n) is 5.00. The molecule has 0 fully saturated rings. The van der Waals surface area contributed by atoms with Crippen molar-refractivity contribution in [2.45, 2.75) is 6.36 Å². The molecule has 0 aliphatic heterocycles. The summed E-state index contributed by atoms with van der Waals surface area (Å²) in [4.78, 5) is 22.1. The van der Waals surface area contributed by atoms with E-state index in [1.165, 1.54) is 31.4 Å². The van der Waals surface area contributed by atoms with Crippen molar-refractivity contribution in [1.29, 1.82) is 0 Å². The lowest BCUT2D eigenvalue weighted by Gasteiger charge is -2.11. The maximum atomic E-state index is 12.1. The number of non-ortho nitro benzene ring substituents is 1. The Labute approximate surface area is 150 Å². The van der Waals surface area contributed by atoms with Crippen LogP contribution in [0.4, 0.5) is 24.5 Å². The molecule has 1 amide bonds. The van der Waals surface area contributed by atoms with Crippen LogP contribution in [-0.2, 0) is 4.79 Å². The van der Waals surface area contributed by atoms with Crippen LogP contribution in [0.2, 0.25) is 0 Å². The van der Waals surface area contributed by atoms with Crippen LogP contribution >= 0.6 is 0 Å². The topological polar surface area (TPSA) is 99.9 Å². The van der Waals surface area contributed by atoms with Crippen molar-refractivity contribution in [3.05, 3.63) is 52.6 Å². The number of anilines is 1. The van der Waals surface area contributed by atoms with Gasteiger partial charge in [0.2, 0.25) is 0 Å². The molecule has 0 atom stereocenters. The average molecular weight is 386 g/mol. The number of amides is 1. The summed E-state index contributed by atoms with van der Waals surface area (Å²) in [7, 11) is 1.33. The zero-order valence-corrected chi connectivity index (χ0v) is 13.8. The van der Waals surface area contributed by atoms with E-state index in [4.69, 9.17) is 9.47 Å². The molecule has 144 valence electrons. The average Bonchev–Trinajstić information content (AvgIpc) is 2.60. The summed E-state index contributed by atoms with van der Waals surface area (Å²) in [6.45, 7) is -0.502. The summed E-state index contributed by atoms with van der Waals surface area (Å²) in [6.07, 6.45) is -4.81. The van der Waals surface area contributed by atoms with E-state index in [0.717, 1.165) is 18.2 Å². The second-order valence-corrected chi connectivity index (χ2v) is 5.00. The van der Waals surface area contributed by atoms with Gasteiger partial charge in [0.25, 0.3) is 11.6 Å². The van der Waals surface area contributed by atoms with Crippen molar-refractivity contribution in [1.82, 2.24) is 0 Å². The third-order valence-corrected chi connectivity index (χ3v) is 3.09. The Morgan fingerprint density at radius 3 is 2.37 bits per heavy atom. The molecule has 0 radical (unpaired) electrons. The number of alkyl halides is 3. The van der Waals surface area contributed by atoms with E-state index in [-0.39, 0.29) is 22.9 Å². The highest BCUT2D eigenvalue weighted by atomic mass is 19.4. The normalized spacial score (nSPS) is 10.8. The number of rotatable bonds is 7. The number of nitrogens with zero attached hydrogens (tertiary/aromatic N) is 1. The summed E-state index contributed by atoms with van der Waals surface area (Å²) < 4.78 is 50.2. The van der Waals surface area contributed by atoms with Gasteiger partial charge < -0.3 is 19.5 Å². The number of carbonyl (C=O) groups is 1. The molecular formula is C16H13F3N2O6. The van der Waals surface area contributed by atoms with E-state index in [1.54, 1.807) is 0 Å². The molecule has 2 aromatic rings. The lowest BCUT2D eigenvalue weighted by atomic mass is 10.3. The van der Waals surface area contributed by atoms with Crippen LogP contribution in [0.15, 0.2) is 42.5 Å². The monoisotopic (exact) mass is 386 g/mol. The van der Waals surface area contributed by atoms with Gasteiger partial charge in [0.15, 0.2) is 18.1 Å². The molecule has 27 heavy (non-hydrogen) atoms. The number of benzene rings is 2. The van der Waals surface area contributed by atoms with Gasteiger partial charge in [-0.3, -0.25) is 14.9 Å². The van der Waals surface area contributed by atoms with Crippen molar-refractivity contribution >= 4 is 17.3 Å². The van der Waals surface area contributed by atoms with E-state index in [2.05, 4.69) is 10.1 Å². The minimum Gasteiger partial charge on any atom is -0.493 e. The molecule has 1 N–H and O–H groups in total. The van der Waals surface area contributed by atoms with Crippen molar-refractivity contribution < 1.29 is 37.1 Å². The Kier molecular flexibility index (Phi) is 6.06. The van der Waals surface area contributed by atoms with Gasteiger partial charge in [-0.2, -0.15) is 0 Å². The summed E-state index contributed by atoms with van der Waals surface area (Å²) >= 11 is 0. The van der Waals surface area contributed by atoms with Crippen LogP contribution < -0.4 is 19.5 Å². The number of nitrogens with one attached hydrogen (secondary N) is 1. The molecular weight excluding hydrogens is 373 g/mol. The smallest absolute Gasteiger partial charge is 0.493 e. The van der Waals surface area contributed by atoms with Gasteiger partial charge >= 0.3 is 6.36 Å². The van der Waals surface area contributed by atoms with Crippen LogP contribution in [0.3, 0.4) is 0 Å². The second kappa shape index (κ2) is 8.25. The van der Waals surface area contributed by atoms with Gasteiger partial charge in [0, 0.05) is 11.8 Å². The van der Waals surface area contributed by atoms with Crippen LogP contribution in [0.25, 0.3) is 0 Å². The lowest BCUT2D eigenvalue weighted by molar-refractivity contribution is -0.385. The number of hydrogen-bond acceptors (Lipinski definition) is 6. The first-order valence-electron chi connectivity index (χ1n) is 7.29. The molecule has 0 saturated heterocycles. The lowest BCUT2D eigenvalue weighted by Crippen LogP contribution is -2.20. The first-order chi connectivity index (χ1) is 12.7. The molecule has 0 aliphatic carbocycles. The standard InChI is InChI=1S/C16H13F3N2O6/c1-25-13-7-4-11(21(23)24)8-14(13)26-9-15(22)20-10-2-5-12(6-3-10)27-16(17,18)19/h2-8H,9H2,1H3,(H,20,22). The highest BCUT2D eigenvalue weighted by Crippen LogP contribution is 2.31. The Balaban J connectivity index is 1.96. The molecule has 8 nitrogen and oxygen atoms in total. The first-order valence-corrected chi connectivity index (χ1v) is 7.29. The van der Waals surface area contributed by atoms with E-state index in [9.17, 15) is 28.1 Å². The Morgan fingerprint density at radius 2 is 1.81 bits per heavy atom. The fourth-order valence-corrected chi connectivity index (χ4v) is 1.97. The van der Waals surface area contributed by atoms with Gasteiger partial charge in [-0.1, -0.05) is 0 Å².